The molecule has 0 saturated heterocycles. The molecular formula is C10H15NO2. The van der Waals surface area contributed by atoms with Crippen molar-refractivity contribution in [3.05, 3.63) is 23.8 Å². The minimum atomic E-state index is -0.202. The van der Waals surface area contributed by atoms with Crippen LogP contribution in [0.3, 0.4) is 0 Å². The van der Waals surface area contributed by atoms with E-state index in [9.17, 15) is 4.79 Å². The van der Waals surface area contributed by atoms with E-state index in [0.717, 1.165) is 5.57 Å². The molecule has 0 saturated carbocycles. The number of hydrogen-bond acceptors (Lipinski definition) is 3. The number of rotatable bonds is 3. The third-order valence-electron chi connectivity index (χ3n) is 1.99. The van der Waals surface area contributed by atoms with E-state index in [1.54, 1.807) is 0 Å². The van der Waals surface area contributed by atoms with Crippen LogP contribution in [-0.4, -0.2) is 25.7 Å². The number of carbonyl (C=O) groups is 1. The standard InChI is InChI=1S/C10H15NO2/c1-3-13-10(12)8-5-4-6-9(7-8)11-2/h4-6,9,11H,3,7H2,1-2H3/t9-/m1/s1. The van der Waals surface area contributed by atoms with Gasteiger partial charge in [-0.15, -0.1) is 0 Å². The zero-order valence-corrected chi connectivity index (χ0v) is 8.04. The van der Waals surface area contributed by atoms with Crippen LogP contribution >= 0.6 is 0 Å². The van der Waals surface area contributed by atoms with Gasteiger partial charge >= 0.3 is 5.97 Å². The summed E-state index contributed by atoms with van der Waals surface area (Å²) < 4.78 is 4.91. The summed E-state index contributed by atoms with van der Waals surface area (Å²) in [6.45, 7) is 2.25. The average molecular weight is 181 g/mol. The first-order valence-electron chi connectivity index (χ1n) is 4.49. The van der Waals surface area contributed by atoms with Crippen molar-refractivity contribution in [2.75, 3.05) is 13.7 Å². The van der Waals surface area contributed by atoms with Gasteiger partial charge < -0.3 is 10.1 Å². The number of nitrogens with one attached hydrogen (secondary N) is 1. The van der Waals surface area contributed by atoms with Gasteiger partial charge in [-0.05, 0) is 20.4 Å². The molecule has 0 aliphatic heterocycles. The number of hydrogen-bond donors (Lipinski definition) is 1. The van der Waals surface area contributed by atoms with Gasteiger partial charge in [0.15, 0.2) is 0 Å². The maximum Gasteiger partial charge on any atom is 0.334 e. The third-order valence-corrected chi connectivity index (χ3v) is 1.99. The molecule has 0 heterocycles. The van der Waals surface area contributed by atoms with E-state index in [4.69, 9.17) is 4.74 Å². The van der Waals surface area contributed by atoms with E-state index in [1.807, 2.05) is 32.2 Å². The van der Waals surface area contributed by atoms with Crippen LogP contribution in [0.2, 0.25) is 0 Å². The zero-order chi connectivity index (χ0) is 9.68. The van der Waals surface area contributed by atoms with E-state index in [2.05, 4.69) is 5.32 Å². The third kappa shape index (κ3) is 2.70. The smallest absolute Gasteiger partial charge is 0.334 e. The van der Waals surface area contributed by atoms with Gasteiger partial charge in [0.1, 0.15) is 0 Å². The summed E-state index contributed by atoms with van der Waals surface area (Å²) in [4.78, 5) is 11.3. The Morgan fingerprint density at radius 1 is 1.77 bits per heavy atom. The Hall–Kier alpha value is -1.09. The summed E-state index contributed by atoms with van der Waals surface area (Å²) in [5.74, 6) is -0.202. The summed E-state index contributed by atoms with van der Waals surface area (Å²) in [6.07, 6.45) is 6.44. The Bertz CT molecular complexity index is 243. The van der Waals surface area contributed by atoms with E-state index in [1.165, 1.54) is 0 Å². The van der Waals surface area contributed by atoms with Crippen LogP contribution in [0.15, 0.2) is 23.8 Å². The molecular weight excluding hydrogens is 166 g/mol. The van der Waals surface area contributed by atoms with Crippen LogP contribution < -0.4 is 5.32 Å². The quantitative estimate of drug-likeness (QED) is 0.661. The SMILES string of the molecule is CCOC(=O)C1=CC=C[C@@H](NC)C1. The van der Waals surface area contributed by atoms with Crippen LogP contribution in [0.1, 0.15) is 13.3 Å². The second-order valence-electron chi connectivity index (χ2n) is 2.90. The number of carbonyl (C=O) groups excluding carboxylic acids is 1. The molecule has 0 unspecified atom stereocenters. The second kappa shape index (κ2) is 4.82. The first kappa shape index (κ1) is 9.99. The fourth-order valence-electron chi connectivity index (χ4n) is 1.25. The molecule has 3 nitrogen and oxygen atoms in total. The number of allylic oxidation sites excluding steroid dienone is 2. The van der Waals surface area contributed by atoms with Crippen molar-refractivity contribution in [1.82, 2.24) is 5.32 Å². The molecule has 0 amide bonds. The van der Waals surface area contributed by atoms with Crippen molar-refractivity contribution in [3.8, 4) is 0 Å². The number of esters is 1. The molecule has 3 heteroatoms. The molecule has 1 atom stereocenters. The summed E-state index contributed by atoms with van der Waals surface area (Å²) in [5, 5.41) is 3.10. The van der Waals surface area contributed by atoms with Crippen LogP contribution in [-0.2, 0) is 9.53 Å². The first-order chi connectivity index (χ1) is 6.27. The second-order valence-corrected chi connectivity index (χ2v) is 2.90. The monoisotopic (exact) mass is 181 g/mol. The minimum absolute atomic E-state index is 0.202. The lowest BCUT2D eigenvalue weighted by Gasteiger charge is -2.16. The Labute approximate surface area is 78.5 Å². The molecule has 0 radical (unpaired) electrons. The van der Waals surface area contributed by atoms with Gasteiger partial charge in [-0.1, -0.05) is 18.2 Å². The fraction of sp³-hybridized carbons (Fsp3) is 0.500. The highest BCUT2D eigenvalue weighted by molar-refractivity contribution is 5.89. The summed E-state index contributed by atoms with van der Waals surface area (Å²) in [7, 11) is 1.88. The predicted molar refractivity (Wildman–Crippen MR) is 51.3 cm³/mol. The topological polar surface area (TPSA) is 38.3 Å². The predicted octanol–water partition coefficient (Wildman–Crippen LogP) is 1.02. The Morgan fingerprint density at radius 2 is 2.54 bits per heavy atom. The largest absolute Gasteiger partial charge is 0.463 e. The summed E-state index contributed by atoms with van der Waals surface area (Å²) in [6, 6.07) is 0.254. The van der Waals surface area contributed by atoms with Crippen molar-refractivity contribution < 1.29 is 9.53 Å². The van der Waals surface area contributed by atoms with Gasteiger partial charge in [0.25, 0.3) is 0 Å². The highest BCUT2D eigenvalue weighted by Crippen LogP contribution is 2.13. The van der Waals surface area contributed by atoms with Gasteiger partial charge in [0.2, 0.25) is 0 Å². The van der Waals surface area contributed by atoms with Crippen LogP contribution in [0.5, 0.6) is 0 Å². The first-order valence-corrected chi connectivity index (χ1v) is 4.49. The van der Waals surface area contributed by atoms with Crippen molar-refractivity contribution in [3.63, 3.8) is 0 Å². The van der Waals surface area contributed by atoms with E-state index in [0.29, 0.717) is 13.0 Å². The molecule has 0 fully saturated rings. The average Bonchev–Trinajstić information content (AvgIpc) is 2.18. The zero-order valence-electron chi connectivity index (χ0n) is 8.04. The molecule has 1 aliphatic rings. The minimum Gasteiger partial charge on any atom is -0.463 e. The van der Waals surface area contributed by atoms with Crippen molar-refractivity contribution in [2.45, 2.75) is 19.4 Å². The molecule has 72 valence electrons. The van der Waals surface area contributed by atoms with E-state index < -0.39 is 0 Å². The molecule has 0 spiro atoms. The summed E-state index contributed by atoms with van der Waals surface area (Å²) >= 11 is 0. The fourth-order valence-corrected chi connectivity index (χ4v) is 1.25. The Morgan fingerprint density at radius 3 is 3.15 bits per heavy atom. The molecule has 13 heavy (non-hydrogen) atoms. The van der Waals surface area contributed by atoms with Gasteiger partial charge in [-0.25, -0.2) is 4.79 Å². The Kier molecular flexibility index (Phi) is 3.71. The van der Waals surface area contributed by atoms with Gasteiger partial charge in [0, 0.05) is 11.6 Å². The lowest BCUT2D eigenvalue weighted by molar-refractivity contribution is -0.138. The number of likely N-dealkylation sites (N-methyl/N-ethyl adjacent to an activating group) is 1. The number of ether oxygens (including phenoxy) is 1. The lowest BCUT2D eigenvalue weighted by atomic mass is 10.0. The molecule has 0 bridgehead atoms. The lowest BCUT2D eigenvalue weighted by Crippen LogP contribution is -2.26. The highest BCUT2D eigenvalue weighted by Gasteiger charge is 2.16. The van der Waals surface area contributed by atoms with Gasteiger partial charge in [0.05, 0.1) is 6.61 Å². The van der Waals surface area contributed by atoms with Gasteiger partial charge in [-0.3, -0.25) is 0 Å². The van der Waals surface area contributed by atoms with Crippen molar-refractivity contribution >= 4 is 5.97 Å². The maximum absolute atomic E-state index is 11.3. The Balaban J connectivity index is 2.56. The summed E-state index contributed by atoms with van der Waals surface area (Å²) in [5.41, 5.74) is 0.740. The van der Waals surface area contributed by atoms with E-state index >= 15 is 0 Å². The maximum atomic E-state index is 11.3. The molecule has 1 aliphatic carbocycles. The van der Waals surface area contributed by atoms with Crippen molar-refractivity contribution in [1.29, 1.82) is 0 Å². The molecule has 1 N–H and O–H groups in total. The molecule has 0 aromatic carbocycles. The van der Waals surface area contributed by atoms with E-state index in [-0.39, 0.29) is 12.0 Å². The van der Waals surface area contributed by atoms with Crippen LogP contribution in [0.25, 0.3) is 0 Å². The molecule has 1 rings (SSSR count). The molecule has 0 aromatic heterocycles. The van der Waals surface area contributed by atoms with Crippen LogP contribution in [0, 0.1) is 0 Å². The highest BCUT2D eigenvalue weighted by atomic mass is 16.5. The normalized spacial score (nSPS) is 21.1. The van der Waals surface area contributed by atoms with Crippen molar-refractivity contribution in [2.24, 2.45) is 0 Å². The van der Waals surface area contributed by atoms with Gasteiger partial charge in [-0.2, -0.15) is 0 Å². The van der Waals surface area contributed by atoms with Crippen LogP contribution in [0.4, 0.5) is 0 Å². The molecule has 0 aromatic rings.